The van der Waals surface area contributed by atoms with E-state index >= 15 is 0 Å². The molecule has 0 heterocycles. The van der Waals surface area contributed by atoms with E-state index in [9.17, 15) is 0 Å². The largest absolute Gasteiger partial charge is 0.316 e. The van der Waals surface area contributed by atoms with Crippen molar-refractivity contribution in [3.63, 3.8) is 0 Å². The molecule has 0 unspecified atom stereocenters. The Labute approximate surface area is 157 Å². The second-order valence-electron chi connectivity index (χ2n) is 6.48. The Hall–Kier alpha value is -2.64. The van der Waals surface area contributed by atoms with Gasteiger partial charge in [-0.1, -0.05) is 97.1 Å². The molecule has 1 heteroatoms. The van der Waals surface area contributed by atoms with Crippen LogP contribution in [0.3, 0.4) is 0 Å². The molecule has 1 nitrogen and oxygen atoms in total. The Balaban J connectivity index is 1.49. The summed E-state index contributed by atoms with van der Waals surface area (Å²) in [6.07, 6.45) is 5.71. The van der Waals surface area contributed by atoms with Gasteiger partial charge in [0.25, 0.3) is 0 Å². The van der Waals surface area contributed by atoms with Crippen molar-refractivity contribution >= 4 is 5.57 Å². The third-order valence-corrected chi connectivity index (χ3v) is 4.50. The third kappa shape index (κ3) is 5.72. The maximum absolute atomic E-state index is 3.57. The smallest absolute Gasteiger partial charge is 0.00139 e. The van der Waals surface area contributed by atoms with E-state index in [0.29, 0.717) is 0 Å². The second-order valence-corrected chi connectivity index (χ2v) is 6.48. The fourth-order valence-electron chi connectivity index (χ4n) is 3.14. The molecule has 0 atom stereocenters. The van der Waals surface area contributed by atoms with E-state index in [1.54, 1.807) is 0 Å². The van der Waals surface area contributed by atoms with Gasteiger partial charge in [-0.3, -0.25) is 0 Å². The van der Waals surface area contributed by atoms with Gasteiger partial charge >= 0.3 is 0 Å². The highest BCUT2D eigenvalue weighted by molar-refractivity contribution is 5.79. The highest BCUT2D eigenvalue weighted by Crippen LogP contribution is 2.23. The maximum atomic E-state index is 3.57. The van der Waals surface area contributed by atoms with E-state index in [-0.39, 0.29) is 0 Å². The zero-order chi connectivity index (χ0) is 17.9. The summed E-state index contributed by atoms with van der Waals surface area (Å²) >= 11 is 0. The normalized spacial score (nSPS) is 10.5. The Morgan fingerprint density at radius 2 is 1.19 bits per heavy atom. The molecule has 0 saturated heterocycles. The summed E-state index contributed by atoms with van der Waals surface area (Å²) < 4.78 is 0. The first-order valence-corrected chi connectivity index (χ1v) is 9.49. The number of rotatable bonds is 9. The van der Waals surface area contributed by atoms with Gasteiger partial charge in [-0.05, 0) is 54.6 Å². The topological polar surface area (TPSA) is 12.0 Å². The van der Waals surface area contributed by atoms with Crippen LogP contribution in [-0.2, 0) is 6.42 Å². The molecule has 0 spiro atoms. The minimum atomic E-state index is 1.01. The first-order chi connectivity index (χ1) is 12.9. The molecule has 0 aliphatic carbocycles. The molecule has 0 radical (unpaired) electrons. The van der Waals surface area contributed by atoms with Gasteiger partial charge in [0.2, 0.25) is 0 Å². The van der Waals surface area contributed by atoms with Gasteiger partial charge in [-0.15, -0.1) is 0 Å². The quantitative estimate of drug-likeness (QED) is 0.490. The first kappa shape index (κ1) is 18.2. The van der Waals surface area contributed by atoms with Gasteiger partial charge in [0.15, 0.2) is 0 Å². The highest BCUT2D eigenvalue weighted by Gasteiger charge is 2.03. The number of hydrogen-bond donors (Lipinski definition) is 1. The van der Waals surface area contributed by atoms with Crippen molar-refractivity contribution in [2.45, 2.75) is 19.3 Å². The van der Waals surface area contributed by atoms with E-state index in [1.807, 2.05) is 0 Å². The summed E-state index contributed by atoms with van der Waals surface area (Å²) in [6.45, 7) is 2.08. The minimum Gasteiger partial charge on any atom is -0.316 e. The van der Waals surface area contributed by atoms with Crippen molar-refractivity contribution < 1.29 is 0 Å². The number of aryl methyl sites for hydroxylation is 1. The van der Waals surface area contributed by atoms with Crippen molar-refractivity contribution in [3.8, 4) is 0 Å². The average Bonchev–Trinajstić information content (AvgIpc) is 2.72. The van der Waals surface area contributed by atoms with E-state index in [2.05, 4.69) is 102 Å². The van der Waals surface area contributed by atoms with E-state index in [1.165, 1.54) is 28.7 Å². The van der Waals surface area contributed by atoms with Crippen LogP contribution in [0.2, 0.25) is 0 Å². The summed E-state index contributed by atoms with van der Waals surface area (Å²) in [6, 6.07) is 32.0. The first-order valence-electron chi connectivity index (χ1n) is 9.49. The van der Waals surface area contributed by atoms with Crippen LogP contribution in [0.25, 0.3) is 5.57 Å². The highest BCUT2D eigenvalue weighted by atomic mass is 14.8. The van der Waals surface area contributed by atoms with Crippen LogP contribution in [0, 0.1) is 0 Å². The summed E-state index contributed by atoms with van der Waals surface area (Å²) in [4.78, 5) is 0. The zero-order valence-electron chi connectivity index (χ0n) is 15.3. The lowest BCUT2D eigenvalue weighted by Crippen LogP contribution is -2.16. The zero-order valence-corrected chi connectivity index (χ0v) is 15.3. The lowest BCUT2D eigenvalue weighted by molar-refractivity contribution is 0.653. The predicted octanol–water partition coefficient (Wildman–Crippen LogP) is 5.73. The van der Waals surface area contributed by atoms with E-state index < -0.39 is 0 Å². The van der Waals surface area contributed by atoms with Crippen LogP contribution in [0.1, 0.15) is 29.5 Å². The van der Waals surface area contributed by atoms with E-state index in [4.69, 9.17) is 0 Å². The van der Waals surface area contributed by atoms with Crippen molar-refractivity contribution in [1.29, 1.82) is 0 Å². The molecule has 0 aromatic heterocycles. The lowest BCUT2D eigenvalue weighted by atomic mass is 9.97. The maximum Gasteiger partial charge on any atom is -0.00139 e. The molecule has 3 aromatic carbocycles. The molecule has 0 aliphatic rings. The fourth-order valence-corrected chi connectivity index (χ4v) is 3.14. The van der Waals surface area contributed by atoms with Crippen LogP contribution < -0.4 is 5.32 Å². The lowest BCUT2D eigenvalue weighted by Gasteiger charge is -2.09. The molecule has 0 bridgehead atoms. The predicted molar refractivity (Wildman–Crippen MR) is 112 cm³/mol. The van der Waals surface area contributed by atoms with Crippen molar-refractivity contribution in [1.82, 2.24) is 5.32 Å². The van der Waals surface area contributed by atoms with Crippen LogP contribution in [0.15, 0.2) is 97.1 Å². The fraction of sp³-hybridized carbons (Fsp3) is 0.200. The minimum absolute atomic E-state index is 1.01. The van der Waals surface area contributed by atoms with Crippen LogP contribution in [0.4, 0.5) is 0 Å². The summed E-state index contributed by atoms with van der Waals surface area (Å²) in [5.74, 6) is 0. The molecular formula is C25H27N. The van der Waals surface area contributed by atoms with Crippen LogP contribution in [0.5, 0.6) is 0 Å². The Morgan fingerprint density at radius 3 is 1.77 bits per heavy atom. The average molecular weight is 341 g/mol. The Bertz CT molecular complexity index is 735. The van der Waals surface area contributed by atoms with Gasteiger partial charge in [-0.25, -0.2) is 0 Å². The van der Waals surface area contributed by atoms with E-state index in [0.717, 1.165) is 25.9 Å². The second kappa shape index (κ2) is 10.4. The monoisotopic (exact) mass is 341 g/mol. The molecule has 3 rings (SSSR count). The number of hydrogen-bond acceptors (Lipinski definition) is 1. The summed E-state index contributed by atoms with van der Waals surface area (Å²) in [5.41, 5.74) is 5.30. The van der Waals surface area contributed by atoms with Gasteiger partial charge in [0.1, 0.15) is 0 Å². The molecule has 0 saturated carbocycles. The number of benzene rings is 3. The molecule has 3 aromatic rings. The van der Waals surface area contributed by atoms with Gasteiger partial charge < -0.3 is 5.32 Å². The van der Waals surface area contributed by atoms with Crippen molar-refractivity contribution in [2.75, 3.05) is 13.1 Å². The standard InChI is InChI=1S/C25H27N/c1-4-12-22(13-5-1)14-10-20-26-21-11-19-25(23-15-6-2-7-16-23)24-17-8-3-9-18-24/h1-9,12-13,15-19,26H,10-11,14,20-21H2. The van der Waals surface area contributed by atoms with Crippen molar-refractivity contribution in [3.05, 3.63) is 114 Å². The molecule has 0 aliphatic heterocycles. The third-order valence-electron chi connectivity index (χ3n) is 4.50. The molecular weight excluding hydrogens is 314 g/mol. The SMILES string of the molecule is C(CCNCCCc1ccccc1)=C(c1ccccc1)c1ccccc1. The van der Waals surface area contributed by atoms with Gasteiger partial charge in [0.05, 0.1) is 0 Å². The molecule has 0 fully saturated rings. The molecule has 1 N–H and O–H groups in total. The summed E-state index contributed by atoms with van der Waals surface area (Å²) in [5, 5.41) is 3.57. The van der Waals surface area contributed by atoms with Gasteiger partial charge in [0, 0.05) is 0 Å². The summed E-state index contributed by atoms with van der Waals surface area (Å²) in [7, 11) is 0. The molecule has 26 heavy (non-hydrogen) atoms. The number of nitrogens with one attached hydrogen (secondary N) is 1. The van der Waals surface area contributed by atoms with Crippen LogP contribution >= 0.6 is 0 Å². The van der Waals surface area contributed by atoms with Crippen molar-refractivity contribution in [2.24, 2.45) is 0 Å². The molecule has 0 amide bonds. The Morgan fingerprint density at radius 1 is 0.654 bits per heavy atom. The Kier molecular flexibility index (Phi) is 7.25. The van der Waals surface area contributed by atoms with Gasteiger partial charge in [-0.2, -0.15) is 0 Å². The van der Waals surface area contributed by atoms with Crippen LogP contribution in [-0.4, -0.2) is 13.1 Å². The molecule has 132 valence electrons.